The van der Waals surface area contributed by atoms with Crippen LogP contribution in [0.5, 0.6) is 23.0 Å². The Kier molecular flexibility index (Phi) is 16.1. The minimum Gasteiger partial charge on any atom is -0.488 e. The van der Waals surface area contributed by atoms with Crippen molar-refractivity contribution in [3.8, 4) is 23.0 Å². The quantitative estimate of drug-likeness (QED) is 0.0932. The average Bonchev–Trinajstić information content (AvgIpc) is 3.04. The molecule has 0 aliphatic rings. The lowest BCUT2D eigenvalue weighted by Crippen LogP contribution is -2.56. The molecule has 0 bridgehead atoms. The molecule has 2 radical (unpaired) electrons. The van der Waals surface area contributed by atoms with Crippen LogP contribution in [0.15, 0.2) is 97.1 Å². The van der Waals surface area contributed by atoms with E-state index in [0.29, 0.717) is 0 Å². The highest BCUT2D eigenvalue weighted by Crippen LogP contribution is 2.34. The van der Waals surface area contributed by atoms with Crippen LogP contribution in [0, 0.1) is 21.7 Å². The summed E-state index contributed by atoms with van der Waals surface area (Å²) in [7, 11) is -3.91. The molecule has 346 valence electrons. The molecule has 0 atom stereocenters. The van der Waals surface area contributed by atoms with E-state index in [0.717, 1.165) is 69.4 Å². The first-order valence-corrected chi connectivity index (χ1v) is 26.0. The Morgan fingerprint density at radius 3 is 0.667 bits per heavy atom. The van der Waals surface area contributed by atoms with E-state index in [2.05, 4.69) is 236 Å². The summed E-state index contributed by atoms with van der Waals surface area (Å²) in [5.41, 5.74) is -1.03. The molecule has 5 nitrogen and oxygen atoms in total. The molecule has 0 spiro atoms. The Balaban J connectivity index is 1.92. The number of ether oxygens (including phenoxy) is 4. The third-order valence-corrected chi connectivity index (χ3v) is 15.0. The van der Waals surface area contributed by atoms with E-state index in [1.54, 1.807) is 0 Å². The summed E-state index contributed by atoms with van der Waals surface area (Å²) in [6.45, 7) is 44.7. The lowest BCUT2D eigenvalue weighted by molar-refractivity contribution is 0.0616. The Hall–Kier alpha value is -3.53. The largest absolute Gasteiger partial charge is 0.488 e. The molecule has 0 aliphatic heterocycles. The SMILES string of the molecule is CC(C)(C)CC(C)(C)Oc1cccc([Si](O[Si](c2cccc(OC(C)(C)CC(C)(C)C)c2)c2cccc(OC(C)(C)CC(C)(C)C)c2)c2cccc(OC(C)(C)CC(C)(C)C)c2)c1. The predicted octanol–water partition coefficient (Wildman–Crippen LogP) is 13.0. The van der Waals surface area contributed by atoms with Gasteiger partial charge in [-0.3, -0.25) is 0 Å². The average molecular weight is 893 g/mol. The van der Waals surface area contributed by atoms with Gasteiger partial charge in [0.25, 0.3) is 18.1 Å². The van der Waals surface area contributed by atoms with Gasteiger partial charge in [-0.1, -0.05) is 132 Å². The first kappa shape index (κ1) is 52.1. The summed E-state index contributed by atoms with van der Waals surface area (Å²) in [6, 6.07) is 34.4. The predicted molar refractivity (Wildman–Crippen MR) is 272 cm³/mol. The van der Waals surface area contributed by atoms with Gasteiger partial charge in [-0.15, -0.1) is 0 Å². The van der Waals surface area contributed by atoms with Gasteiger partial charge in [-0.05, 0) is 172 Å². The molecule has 0 heterocycles. The summed E-state index contributed by atoms with van der Waals surface area (Å²) in [4.78, 5) is 0. The van der Waals surface area contributed by atoms with Gasteiger partial charge in [0.1, 0.15) is 45.4 Å². The fraction of sp³-hybridized carbons (Fsp3) is 0.571. The molecule has 0 aromatic heterocycles. The lowest BCUT2D eigenvalue weighted by atomic mass is 9.83. The van der Waals surface area contributed by atoms with Crippen LogP contribution in [-0.4, -0.2) is 40.5 Å². The van der Waals surface area contributed by atoms with Crippen LogP contribution >= 0.6 is 0 Å². The zero-order chi connectivity index (χ0) is 47.5. The maximum atomic E-state index is 7.84. The number of hydrogen-bond acceptors (Lipinski definition) is 5. The van der Waals surface area contributed by atoms with Gasteiger partial charge in [0.15, 0.2) is 0 Å². The van der Waals surface area contributed by atoms with Crippen LogP contribution in [0.3, 0.4) is 0 Å². The van der Waals surface area contributed by atoms with Gasteiger partial charge < -0.3 is 23.1 Å². The molecule has 4 aromatic carbocycles. The molecular weight excluding hydrogens is 809 g/mol. The van der Waals surface area contributed by atoms with Crippen molar-refractivity contribution in [2.45, 2.75) is 187 Å². The van der Waals surface area contributed by atoms with Crippen LogP contribution < -0.4 is 39.7 Å². The molecule has 4 aromatic rings. The van der Waals surface area contributed by atoms with Crippen molar-refractivity contribution in [2.75, 3.05) is 0 Å². The van der Waals surface area contributed by atoms with Gasteiger partial charge >= 0.3 is 0 Å². The van der Waals surface area contributed by atoms with E-state index in [-0.39, 0.29) is 44.1 Å². The highest BCUT2D eigenvalue weighted by atomic mass is 28.4. The summed E-state index contributed by atoms with van der Waals surface area (Å²) in [5.74, 6) is 3.36. The molecule has 4 rings (SSSR count). The Labute approximate surface area is 388 Å². The summed E-state index contributed by atoms with van der Waals surface area (Å²) in [5, 5.41) is 4.43. The van der Waals surface area contributed by atoms with Crippen molar-refractivity contribution in [3.05, 3.63) is 97.1 Å². The molecular formula is C56H84O5Si2. The first-order valence-electron chi connectivity index (χ1n) is 23.2. The maximum absolute atomic E-state index is 7.84. The van der Waals surface area contributed by atoms with Crippen molar-refractivity contribution < 1.29 is 23.1 Å². The zero-order valence-corrected chi connectivity index (χ0v) is 45.1. The number of hydrogen-bond donors (Lipinski definition) is 0. The molecule has 0 amide bonds. The minimum absolute atomic E-state index is 0.109. The topological polar surface area (TPSA) is 46.2 Å². The molecule has 0 N–H and O–H groups in total. The molecule has 0 saturated heterocycles. The van der Waals surface area contributed by atoms with Gasteiger partial charge in [-0.25, -0.2) is 0 Å². The van der Waals surface area contributed by atoms with Crippen LogP contribution in [0.2, 0.25) is 0 Å². The van der Waals surface area contributed by atoms with E-state index in [4.69, 9.17) is 23.1 Å². The van der Waals surface area contributed by atoms with E-state index in [1.807, 2.05) is 0 Å². The third kappa shape index (κ3) is 18.5. The second kappa shape index (κ2) is 19.5. The van der Waals surface area contributed by atoms with Crippen LogP contribution in [0.4, 0.5) is 0 Å². The molecule has 0 unspecified atom stereocenters. The van der Waals surface area contributed by atoms with Crippen LogP contribution in [-0.2, 0) is 4.12 Å². The smallest absolute Gasteiger partial charge is 0.272 e. The molecule has 0 saturated carbocycles. The second-order valence-electron chi connectivity index (χ2n) is 25.3. The summed E-state index contributed by atoms with van der Waals surface area (Å²) < 4.78 is 35.1. The molecule has 7 heteroatoms. The summed E-state index contributed by atoms with van der Waals surface area (Å²) >= 11 is 0. The zero-order valence-electron chi connectivity index (χ0n) is 43.1. The summed E-state index contributed by atoms with van der Waals surface area (Å²) in [6.07, 6.45) is 3.63. The molecule has 63 heavy (non-hydrogen) atoms. The van der Waals surface area contributed by atoms with Crippen molar-refractivity contribution in [2.24, 2.45) is 21.7 Å². The van der Waals surface area contributed by atoms with E-state index >= 15 is 0 Å². The van der Waals surface area contributed by atoms with Gasteiger partial charge in [0.2, 0.25) is 0 Å². The molecule has 0 aliphatic carbocycles. The first-order chi connectivity index (χ1) is 28.6. The maximum Gasteiger partial charge on any atom is 0.272 e. The second-order valence-corrected chi connectivity index (χ2v) is 29.7. The minimum atomic E-state index is -1.95. The highest BCUT2D eigenvalue weighted by molar-refractivity contribution is 6.91. The van der Waals surface area contributed by atoms with Crippen molar-refractivity contribution in [1.29, 1.82) is 0 Å². The fourth-order valence-electron chi connectivity index (χ4n) is 10.0. The number of benzene rings is 4. The van der Waals surface area contributed by atoms with Crippen molar-refractivity contribution in [3.63, 3.8) is 0 Å². The highest BCUT2D eigenvalue weighted by Gasteiger charge is 2.34. The normalized spacial score (nSPS) is 13.7. The van der Waals surface area contributed by atoms with Gasteiger partial charge in [0, 0.05) is 0 Å². The Morgan fingerprint density at radius 2 is 0.492 bits per heavy atom. The van der Waals surface area contributed by atoms with Gasteiger partial charge in [-0.2, -0.15) is 0 Å². The Bertz CT molecular complexity index is 1790. The van der Waals surface area contributed by atoms with E-state index in [1.165, 1.54) is 0 Å². The van der Waals surface area contributed by atoms with Crippen LogP contribution in [0.25, 0.3) is 0 Å². The van der Waals surface area contributed by atoms with Crippen molar-refractivity contribution >= 4 is 38.8 Å². The van der Waals surface area contributed by atoms with E-state index < -0.39 is 18.1 Å². The van der Waals surface area contributed by atoms with Gasteiger partial charge in [0.05, 0.1) is 0 Å². The molecule has 0 fully saturated rings. The van der Waals surface area contributed by atoms with Crippen LogP contribution in [0.1, 0.15) is 164 Å². The number of rotatable bonds is 18. The Morgan fingerprint density at radius 1 is 0.302 bits per heavy atom. The standard InChI is InChI=1S/C56H84O5Si2/c1-49(2,3)37-53(13,14)57-41-25-21-29-45(33-41)62(46-30-22-26-42(34-46)58-54(15,16)38-50(4,5)6)61-63(47-31-23-27-43(35-47)59-55(17,18)39-51(7,8)9)48-32-24-28-44(36-48)60-56(19,20)40-52(10,11)12/h21-36H,37-40H2,1-20H3. The van der Waals surface area contributed by atoms with Crippen molar-refractivity contribution in [1.82, 2.24) is 0 Å². The fourth-order valence-corrected chi connectivity index (χ4v) is 15.5. The lowest BCUT2D eigenvalue weighted by Gasteiger charge is -2.34. The third-order valence-electron chi connectivity index (χ3n) is 9.99. The monoisotopic (exact) mass is 893 g/mol. The van der Waals surface area contributed by atoms with E-state index in [9.17, 15) is 0 Å².